The molecule has 7 nitrogen and oxygen atoms in total. The maximum atomic E-state index is 12.8. The predicted octanol–water partition coefficient (Wildman–Crippen LogP) is 1.48. The quantitative estimate of drug-likeness (QED) is 0.786. The number of likely N-dealkylation sites (tertiary alicyclic amines) is 1. The van der Waals surface area contributed by atoms with E-state index < -0.39 is 0 Å². The minimum absolute atomic E-state index is 0.0618. The Morgan fingerprint density at radius 2 is 1.81 bits per heavy atom. The van der Waals surface area contributed by atoms with Crippen LogP contribution in [-0.2, 0) is 20.9 Å². The topological polar surface area (TPSA) is 82.6 Å². The van der Waals surface area contributed by atoms with Crippen LogP contribution in [0, 0.1) is 0 Å². The van der Waals surface area contributed by atoms with E-state index in [2.05, 4.69) is 10.3 Å². The molecule has 1 aliphatic heterocycles. The molecule has 3 amide bonds. The number of hydrogen-bond donors (Lipinski definition) is 1. The van der Waals surface area contributed by atoms with Crippen molar-refractivity contribution in [1.29, 1.82) is 0 Å². The summed E-state index contributed by atoms with van der Waals surface area (Å²) in [6.07, 6.45) is 5.87. The Bertz CT molecular complexity index is 667. The first kappa shape index (κ1) is 19.3. The first-order chi connectivity index (χ1) is 13.0. The molecule has 0 unspecified atom stereocenters. The van der Waals surface area contributed by atoms with E-state index in [-0.39, 0.29) is 36.6 Å². The van der Waals surface area contributed by atoms with E-state index in [1.165, 1.54) is 0 Å². The Kier molecular flexibility index (Phi) is 6.42. The fourth-order valence-electron chi connectivity index (χ4n) is 3.65. The van der Waals surface area contributed by atoms with Crippen LogP contribution in [0.2, 0.25) is 0 Å². The Labute approximate surface area is 160 Å². The fourth-order valence-corrected chi connectivity index (χ4v) is 3.65. The third kappa shape index (κ3) is 5.52. The minimum atomic E-state index is -0.129. The predicted molar refractivity (Wildman–Crippen MR) is 100 cm³/mol. The summed E-state index contributed by atoms with van der Waals surface area (Å²) >= 11 is 0. The van der Waals surface area contributed by atoms with Crippen LogP contribution in [0.25, 0.3) is 0 Å². The summed E-state index contributed by atoms with van der Waals surface area (Å²) in [5, 5.41) is 2.82. The second-order valence-corrected chi connectivity index (χ2v) is 7.37. The van der Waals surface area contributed by atoms with E-state index in [9.17, 15) is 14.4 Å². The molecule has 2 heterocycles. The number of hydrogen-bond acceptors (Lipinski definition) is 4. The van der Waals surface area contributed by atoms with Gasteiger partial charge in [0.2, 0.25) is 17.7 Å². The van der Waals surface area contributed by atoms with Crippen LogP contribution in [0.15, 0.2) is 24.4 Å². The largest absolute Gasteiger partial charge is 0.350 e. The van der Waals surface area contributed by atoms with Gasteiger partial charge in [-0.05, 0) is 37.8 Å². The summed E-state index contributed by atoms with van der Waals surface area (Å²) in [7, 11) is 0. The molecule has 1 N–H and O–H groups in total. The number of carbonyl (C=O) groups is 3. The first-order valence-corrected chi connectivity index (χ1v) is 9.78. The van der Waals surface area contributed by atoms with E-state index in [0.29, 0.717) is 25.7 Å². The fraction of sp³-hybridized carbons (Fsp3) is 0.600. The molecular formula is C20H28N4O3. The van der Waals surface area contributed by atoms with Crippen molar-refractivity contribution in [3.63, 3.8) is 0 Å². The Balaban J connectivity index is 1.45. The van der Waals surface area contributed by atoms with Crippen LogP contribution in [0.3, 0.4) is 0 Å². The summed E-state index contributed by atoms with van der Waals surface area (Å²) in [6.45, 7) is 3.39. The second-order valence-electron chi connectivity index (χ2n) is 7.37. The van der Waals surface area contributed by atoms with E-state index >= 15 is 0 Å². The highest BCUT2D eigenvalue weighted by molar-refractivity contribution is 5.84. The third-order valence-corrected chi connectivity index (χ3v) is 5.29. The number of rotatable bonds is 7. The molecule has 1 saturated heterocycles. The molecule has 0 radical (unpaired) electrons. The number of carbonyl (C=O) groups excluding carboxylic acids is 3. The molecule has 27 heavy (non-hydrogen) atoms. The van der Waals surface area contributed by atoms with Gasteiger partial charge in [-0.3, -0.25) is 19.4 Å². The number of aromatic nitrogens is 1. The average molecular weight is 372 g/mol. The molecule has 146 valence electrons. The third-order valence-electron chi connectivity index (χ3n) is 5.29. The summed E-state index contributed by atoms with van der Waals surface area (Å²) in [5.74, 6) is 0.0326. The summed E-state index contributed by atoms with van der Waals surface area (Å²) < 4.78 is 0. The standard InChI is InChI=1S/C20H28N4O3/c1-15(25)23-12-9-18(10-13-23)24(17-5-6-17)20(27)8-7-19(26)22-14-16-4-2-3-11-21-16/h2-4,11,17-18H,5-10,12-14H2,1H3,(H,22,26). The lowest BCUT2D eigenvalue weighted by atomic mass is 10.0. The SMILES string of the molecule is CC(=O)N1CCC(N(C(=O)CCC(=O)NCc2ccccn2)C2CC2)CC1. The number of pyridine rings is 1. The van der Waals surface area contributed by atoms with Gasteiger partial charge in [-0.25, -0.2) is 0 Å². The van der Waals surface area contributed by atoms with E-state index in [0.717, 1.165) is 31.4 Å². The van der Waals surface area contributed by atoms with Gasteiger partial charge in [-0.2, -0.15) is 0 Å². The van der Waals surface area contributed by atoms with Crippen LogP contribution < -0.4 is 5.32 Å². The highest BCUT2D eigenvalue weighted by Crippen LogP contribution is 2.32. The maximum Gasteiger partial charge on any atom is 0.223 e. The zero-order valence-corrected chi connectivity index (χ0v) is 15.9. The molecule has 2 aliphatic rings. The molecule has 1 saturated carbocycles. The number of nitrogens with one attached hydrogen (secondary N) is 1. The lowest BCUT2D eigenvalue weighted by Gasteiger charge is -2.38. The number of piperidine rings is 1. The molecule has 7 heteroatoms. The smallest absolute Gasteiger partial charge is 0.223 e. The van der Waals surface area contributed by atoms with Crippen LogP contribution in [0.5, 0.6) is 0 Å². The zero-order chi connectivity index (χ0) is 19.2. The second kappa shape index (κ2) is 8.97. The Hall–Kier alpha value is -2.44. The summed E-state index contributed by atoms with van der Waals surface area (Å²) in [5.41, 5.74) is 0.800. The van der Waals surface area contributed by atoms with Crippen molar-refractivity contribution in [3.8, 4) is 0 Å². The van der Waals surface area contributed by atoms with Crippen LogP contribution in [0.1, 0.15) is 51.1 Å². The van der Waals surface area contributed by atoms with Gasteiger partial charge in [0.15, 0.2) is 0 Å². The van der Waals surface area contributed by atoms with Gasteiger partial charge in [-0.15, -0.1) is 0 Å². The molecule has 0 aromatic carbocycles. The molecule has 0 bridgehead atoms. The van der Waals surface area contributed by atoms with Crippen LogP contribution in [-0.4, -0.2) is 57.7 Å². The Morgan fingerprint density at radius 3 is 2.41 bits per heavy atom. The van der Waals surface area contributed by atoms with Crippen molar-refractivity contribution < 1.29 is 14.4 Å². The average Bonchev–Trinajstić information content (AvgIpc) is 3.51. The van der Waals surface area contributed by atoms with Crippen molar-refractivity contribution >= 4 is 17.7 Å². The lowest BCUT2D eigenvalue weighted by Crippen LogP contribution is -2.49. The van der Waals surface area contributed by atoms with Crippen molar-refractivity contribution in [2.75, 3.05) is 13.1 Å². The van der Waals surface area contributed by atoms with Crippen molar-refractivity contribution in [3.05, 3.63) is 30.1 Å². The molecule has 0 atom stereocenters. The van der Waals surface area contributed by atoms with E-state index in [1.54, 1.807) is 13.1 Å². The molecule has 1 aromatic rings. The highest BCUT2D eigenvalue weighted by Gasteiger charge is 2.38. The van der Waals surface area contributed by atoms with Gasteiger partial charge >= 0.3 is 0 Å². The number of amides is 3. The van der Waals surface area contributed by atoms with E-state index in [1.807, 2.05) is 28.0 Å². The zero-order valence-electron chi connectivity index (χ0n) is 15.9. The van der Waals surface area contributed by atoms with Crippen molar-refractivity contribution in [1.82, 2.24) is 20.1 Å². The monoisotopic (exact) mass is 372 g/mol. The minimum Gasteiger partial charge on any atom is -0.350 e. The van der Waals surface area contributed by atoms with Gasteiger partial charge in [0.25, 0.3) is 0 Å². The van der Waals surface area contributed by atoms with Gasteiger partial charge in [0, 0.05) is 51.1 Å². The molecule has 2 fully saturated rings. The maximum absolute atomic E-state index is 12.8. The Morgan fingerprint density at radius 1 is 1.11 bits per heavy atom. The van der Waals surface area contributed by atoms with Gasteiger partial charge in [0.05, 0.1) is 12.2 Å². The molecule has 3 rings (SSSR count). The lowest BCUT2D eigenvalue weighted by molar-refractivity contribution is -0.138. The number of nitrogens with zero attached hydrogens (tertiary/aromatic N) is 3. The van der Waals surface area contributed by atoms with Crippen LogP contribution >= 0.6 is 0 Å². The molecule has 1 aliphatic carbocycles. The normalized spacial score (nSPS) is 17.4. The van der Waals surface area contributed by atoms with E-state index in [4.69, 9.17) is 0 Å². The van der Waals surface area contributed by atoms with Gasteiger partial charge < -0.3 is 15.1 Å². The molecule has 0 spiro atoms. The van der Waals surface area contributed by atoms with Crippen LogP contribution in [0.4, 0.5) is 0 Å². The van der Waals surface area contributed by atoms with Crippen molar-refractivity contribution in [2.24, 2.45) is 0 Å². The van der Waals surface area contributed by atoms with Crippen molar-refractivity contribution in [2.45, 2.75) is 64.1 Å². The summed E-state index contributed by atoms with van der Waals surface area (Å²) in [4.78, 5) is 44.3. The summed E-state index contributed by atoms with van der Waals surface area (Å²) in [6, 6.07) is 6.08. The first-order valence-electron chi connectivity index (χ1n) is 9.78. The van der Waals surface area contributed by atoms with Gasteiger partial charge in [-0.1, -0.05) is 6.07 Å². The molecule has 1 aromatic heterocycles. The molecular weight excluding hydrogens is 344 g/mol. The highest BCUT2D eigenvalue weighted by atomic mass is 16.2. The van der Waals surface area contributed by atoms with Gasteiger partial charge in [0.1, 0.15) is 0 Å².